The van der Waals surface area contributed by atoms with Gasteiger partial charge in [0.25, 0.3) is 5.91 Å². The third kappa shape index (κ3) is 3.67. The van der Waals surface area contributed by atoms with Crippen LogP contribution in [-0.2, 0) is 6.18 Å². The Kier molecular flexibility index (Phi) is 4.36. The van der Waals surface area contributed by atoms with Crippen molar-refractivity contribution in [3.63, 3.8) is 0 Å². The maximum absolute atomic E-state index is 12.5. The van der Waals surface area contributed by atoms with Gasteiger partial charge in [-0.1, -0.05) is 6.07 Å². The van der Waals surface area contributed by atoms with Crippen molar-refractivity contribution in [2.24, 2.45) is 0 Å². The van der Waals surface area contributed by atoms with E-state index in [4.69, 9.17) is 5.26 Å². The smallest absolute Gasteiger partial charge is 0.319 e. The number of nitrogens with one attached hydrogen (secondary N) is 1. The lowest BCUT2D eigenvalue weighted by Gasteiger charge is -2.08. The maximum Gasteiger partial charge on any atom is 0.433 e. The summed E-state index contributed by atoms with van der Waals surface area (Å²) in [7, 11) is 0. The van der Waals surface area contributed by atoms with E-state index in [0.29, 0.717) is 5.82 Å². The van der Waals surface area contributed by atoms with E-state index >= 15 is 0 Å². The first-order valence-corrected chi connectivity index (χ1v) is 7.13. The van der Waals surface area contributed by atoms with Gasteiger partial charge in [0.2, 0.25) is 0 Å². The Bertz CT molecular complexity index is 988. The Morgan fingerprint density at radius 3 is 2.62 bits per heavy atom. The van der Waals surface area contributed by atoms with Crippen molar-refractivity contribution < 1.29 is 18.0 Å². The number of amides is 1. The molecule has 7 nitrogen and oxygen atoms in total. The Morgan fingerprint density at radius 1 is 1.19 bits per heavy atom. The molecule has 0 spiro atoms. The van der Waals surface area contributed by atoms with E-state index in [1.165, 1.54) is 23.2 Å². The fourth-order valence-electron chi connectivity index (χ4n) is 2.03. The summed E-state index contributed by atoms with van der Waals surface area (Å²) in [5.74, 6) is -0.258. The van der Waals surface area contributed by atoms with Crippen LogP contribution >= 0.6 is 0 Å². The van der Waals surface area contributed by atoms with E-state index in [2.05, 4.69) is 20.3 Å². The lowest BCUT2D eigenvalue weighted by atomic mass is 10.3. The number of rotatable bonds is 3. The zero-order valence-corrected chi connectivity index (χ0v) is 12.9. The number of imidazole rings is 1. The van der Waals surface area contributed by atoms with Gasteiger partial charge in [0.1, 0.15) is 29.6 Å². The molecular formula is C16H9F3N6O. The average molecular weight is 358 g/mol. The first-order valence-electron chi connectivity index (χ1n) is 7.13. The molecule has 10 heteroatoms. The van der Waals surface area contributed by atoms with Crippen LogP contribution in [0.5, 0.6) is 0 Å². The molecule has 0 saturated heterocycles. The maximum atomic E-state index is 12.5. The molecule has 3 heterocycles. The predicted octanol–water partition coefficient (Wildman–Crippen LogP) is 2.81. The van der Waals surface area contributed by atoms with Crippen molar-refractivity contribution in [2.45, 2.75) is 6.18 Å². The highest BCUT2D eigenvalue weighted by Crippen LogP contribution is 2.27. The van der Waals surface area contributed by atoms with E-state index in [1.807, 2.05) is 6.07 Å². The minimum absolute atomic E-state index is 0.0367. The molecule has 0 bridgehead atoms. The van der Waals surface area contributed by atoms with E-state index in [1.54, 1.807) is 12.1 Å². The largest absolute Gasteiger partial charge is 0.433 e. The lowest BCUT2D eigenvalue weighted by Crippen LogP contribution is -2.15. The van der Waals surface area contributed by atoms with Crippen LogP contribution in [0.3, 0.4) is 0 Å². The quantitative estimate of drug-likeness (QED) is 0.777. The number of anilines is 1. The third-order valence-electron chi connectivity index (χ3n) is 3.24. The summed E-state index contributed by atoms with van der Waals surface area (Å²) >= 11 is 0. The zero-order valence-electron chi connectivity index (χ0n) is 12.9. The second-order valence-corrected chi connectivity index (χ2v) is 5.04. The number of pyridine rings is 2. The fourth-order valence-corrected chi connectivity index (χ4v) is 2.03. The standard InChI is InChI=1S/C16H9F3N6O/c17-16(18,19)13-5-4-10(7-21-13)23-15(26)12-2-1-3-14(24-12)25-8-11(6-20)22-9-25/h1-5,7-9H,(H,23,26). The van der Waals surface area contributed by atoms with Gasteiger partial charge >= 0.3 is 6.18 Å². The molecule has 0 aromatic carbocycles. The van der Waals surface area contributed by atoms with Gasteiger partial charge in [-0.2, -0.15) is 18.4 Å². The number of carbonyl (C=O) groups excluding carboxylic acids is 1. The average Bonchev–Trinajstić information content (AvgIpc) is 3.11. The predicted molar refractivity (Wildman–Crippen MR) is 83.3 cm³/mol. The molecule has 0 aliphatic heterocycles. The second kappa shape index (κ2) is 6.64. The molecule has 0 radical (unpaired) electrons. The van der Waals surface area contributed by atoms with Gasteiger partial charge in [0.05, 0.1) is 11.9 Å². The highest BCUT2D eigenvalue weighted by atomic mass is 19.4. The number of hydrogen-bond donors (Lipinski definition) is 1. The van der Waals surface area contributed by atoms with Gasteiger partial charge in [-0.3, -0.25) is 9.36 Å². The van der Waals surface area contributed by atoms with Crippen molar-refractivity contribution in [3.8, 4) is 11.9 Å². The molecule has 26 heavy (non-hydrogen) atoms. The van der Waals surface area contributed by atoms with E-state index < -0.39 is 17.8 Å². The summed E-state index contributed by atoms with van der Waals surface area (Å²) < 4.78 is 38.9. The molecule has 3 aromatic heterocycles. The van der Waals surface area contributed by atoms with Crippen LogP contribution in [0.15, 0.2) is 49.1 Å². The molecule has 0 fully saturated rings. The Labute approximate surface area is 144 Å². The van der Waals surface area contributed by atoms with Gasteiger partial charge in [-0.05, 0) is 24.3 Å². The third-order valence-corrected chi connectivity index (χ3v) is 3.24. The van der Waals surface area contributed by atoms with Gasteiger partial charge in [-0.15, -0.1) is 0 Å². The van der Waals surface area contributed by atoms with Crippen LogP contribution in [0.4, 0.5) is 18.9 Å². The number of hydrogen-bond acceptors (Lipinski definition) is 5. The number of aromatic nitrogens is 4. The van der Waals surface area contributed by atoms with Crippen LogP contribution in [0, 0.1) is 11.3 Å². The molecule has 0 atom stereocenters. The number of carbonyl (C=O) groups is 1. The Morgan fingerprint density at radius 2 is 2.00 bits per heavy atom. The monoisotopic (exact) mass is 358 g/mol. The van der Waals surface area contributed by atoms with Gasteiger partial charge in [-0.25, -0.2) is 15.0 Å². The highest BCUT2D eigenvalue weighted by Gasteiger charge is 2.32. The Hall–Kier alpha value is -3.74. The number of nitrogens with zero attached hydrogens (tertiary/aromatic N) is 5. The van der Waals surface area contributed by atoms with Crippen molar-refractivity contribution in [3.05, 3.63) is 66.1 Å². The van der Waals surface area contributed by atoms with Crippen molar-refractivity contribution >= 4 is 11.6 Å². The van der Waals surface area contributed by atoms with Crippen LogP contribution in [0.25, 0.3) is 5.82 Å². The minimum Gasteiger partial charge on any atom is -0.319 e. The first kappa shape index (κ1) is 17.1. The fraction of sp³-hybridized carbons (Fsp3) is 0.0625. The van der Waals surface area contributed by atoms with E-state index in [9.17, 15) is 18.0 Å². The summed E-state index contributed by atoms with van der Waals surface area (Å²) in [6.07, 6.45) is -0.808. The summed E-state index contributed by atoms with van der Waals surface area (Å²) in [6.45, 7) is 0. The van der Waals surface area contributed by atoms with Crippen LogP contribution in [-0.4, -0.2) is 25.4 Å². The molecule has 0 aliphatic carbocycles. The molecule has 130 valence electrons. The zero-order chi connectivity index (χ0) is 18.7. The molecule has 3 aromatic rings. The molecule has 1 N–H and O–H groups in total. The van der Waals surface area contributed by atoms with E-state index in [0.717, 1.165) is 18.3 Å². The Balaban J connectivity index is 1.78. The molecule has 0 unspecified atom stereocenters. The van der Waals surface area contributed by atoms with Crippen molar-refractivity contribution in [2.75, 3.05) is 5.32 Å². The van der Waals surface area contributed by atoms with Crippen LogP contribution in [0.1, 0.15) is 21.9 Å². The molecule has 3 rings (SSSR count). The number of nitriles is 1. The molecular weight excluding hydrogens is 349 g/mol. The highest BCUT2D eigenvalue weighted by molar-refractivity contribution is 6.02. The van der Waals surface area contributed by atoms with Gasteiger partial charge in [0, 0.05) is 6.20 Å². The summed E-state index contributed by atoms with van der Waals surface area (Å²) in [5, 5.41) is 11.2. The molecule has 0 saturated carbocycles. The van der Waals surface area contributed by atoms with Crippen molar-refractivity contribution in [1.82, 2.24) is 19.5 Å². The summed E-state index contributed by atoms with van der Waals surface area (Å²) in [5.41, 5.74) is -0.722. The SMILES string of the molecule is N#Cc1cn(-c2cccc(C(=O)Nc3ccc(C(F)(F)F)nc3)n2)cn1. The first-order chi connectivity index (χ1) is 12.4. The summed E-state index contributed by atoms with van der Waals surface area (Å²) in [6, 6.07) is 8.38. The minimum atomic E-state index is -4.55. The summed E-state index contributed by atoms with van der Waals surface area (Å²) in [4.78, 5) is 23.5. The van der Waals surface area contributed by atoms with Crippen molar-refractivity contribution in [1.29, 1.82) is 5.26 Å². The second-order valence-electron chi connectivity index (χ2n) is 5.04. The normalized spacial score (nSPS) is 11.0. The number of alkyl halides is 3. The molecule has 0 aliphatic rings. The van der Waals surface area contributed by atoms with E-state index in [-0.39, 0.29) is 17.1 Å². The van der Waals surface area contributed by atoms with Gasteiger partial charge in [0.15, 0.2) is 5.69 Å². The van der Waals surface area contributed by atoms with Gasteiger partial charge < -0.3 is 5.32 Å². The van der Waals surface area contributed by atoms with Crippen LogP contribution < -0.4 is 5.32 Å². The topological polar surface area (TPSA) is 96.5 Å². The van der Waals surface area contributed by atoms with Crippen LogP contribution in [0.2, 0.25) is 0 Å². The number of halogens is 3. The molecule has 1 amide bonds. The lowest BCUT2D eigenvalue weighted by molar-refractivity contribution is -0.141.